The summed E-state index contributed by atoms with van der Waals surface area (Å²) < 4.78 is 25.9. The standard InChI is InChI=1S/C15H21F2NO/c1-18(9-11-2-5-13(19)6-3-11)10-12-4-7-14(16)15(17)8-12/h4,7-8,11,13,19H,2-3,5-6,9-10H2,1H3. The molecule has 4 heteroatoms. The maximum absolute atomic E-state index is 13.1. The second kappa shape index (κ2) is 6.44. The Morgan fingerprint density at radius 2 is 1.84 bits per heavy atom. The zero-order valence-electron chi connectivity index (χ0n) is 11.3. The summed E-state index contributed by atoms with van der Waals surface area (Å²) in [6.07, 6.45) is 3.72. The van der Waals surface area contributed by atoms with Crippen molar-refractivity contribution in [1.29, 1.82) is 0 Å². The van der Waals surface area contributed by atoms with Crippen molar-refractivity contribution in [3.8, 4) is 0 Å². The molecular weight excluding hydrogens is 248 g/mol. The summed E-state index contributed by atoms with van der Waals surface area (Å²) in [5.74, 6) is -0.988. The van der Waals surface area contributed by atoms with Crippen molar-refractivity contribution in [1.82, 2.24) is 4.90 Å². The molecule has 0 saturated heterocycles. The quantitative estimate of drug-likeness (QED) is 0.908. The van der Waals surface area contributed by atoms with Crippen molar-refractivity contribution in [3.63, 3.8) is 0 Å². The topological polar surface area (TPSA) is 23.5 Å². The van der Waals surface area contributed by atoms with Crippen molar-refractivity contribution in [2.24, 2.45) is 5.92 Å². The molecule has 1 aliphatic carbocycles. The van der Waals surface area contributed by atoms with Crippen molar-refractivity contribution in [3.05, 3.63) is 35.4 Å². The minimum atomic E-state index is -0.798. The van der Waals surface area contributed by atoms with Crippen molar-refractivity contribution >= 4 is 0 Å². The SMILES string of the molecule is CN(Cc1ccc(F)c(F)c1)CC1CCC(O)CC1. The van der Waals surface area contributed by atoms with E-state index >= 15 is 0 Å². The second-order valence-electron chi connectivity index (χ2n) is 5.62. The van der Waals surface area contributed by atoms with Crippen LogP contribution in [0.1, 0.15) is 31.2 Å². The maximum Gasteiger partial charge on any atom is 0.159 e. The summed E-state index contributed by atoms with van der Waals surface area (Å²) in [5.41, 5.74) is 0.789. The van der Waals surface area contributed by atoms with Gasteiger partial charge >= 0.3 is 0 Å². The summed E-state index contributed by atoms with van der Waals surface area (Å²) in [5, 5.41) is 9.46. The Morgan fingerprint density at radius 1 is 1.16 bits per heavy atom. The van der Waals surface area contributed by atoms with Gasteiger partial charge in [-0.3, -0.25) is 0 Å². The van der Waals surface area contributed by atoms with Crippen molar-refractivity contribution < 1.29 is 13.9 Å². The van der Waals surface area contributed by atoms with Crippen LogP contribution in [0.15, 0.2) is 18.2 Å². The number of halogens is 2. The first-order chi connectivity index (χ1) is 9.04. The Bertz CT molecular complexity index is 417. The van der Waals surface area contributed by atoms with Gasteiger partial charge in [0.05, 0.1) is 6.10 Å². The van der Waals surface area contributed by atoms with Gasteiger partial charge in [0.2, 0.25) is 0 Å². The molecule has 1 aliphatic rings. The van der Waals surface area contributed by atoms with E-state index in [0.717, 1.165) is 37.8 Å². The van der Waals surface area contributed by atoms with Gasteiger partial charge in [-0.25, -0.2) is 8.78 Å². The molecule has 0 atom stereocenters. The molecule has 0 spiro atoms. The van der Waals surface area contributed by atoms with Crippen LogP contribution < -0.4 is 0 Å². The normalized spacial score (nSPS) is 23.8. The first kappa shape index (κ1) is 14.4. The molecule has 0 amide bonds. The molecule has 1 saturated carbocycles. The van der Waals surface area contributed by atoms with Gasteiger partial charge in [-0.15, -0.1) is 0 Å². The van der Waals surface area contributed by atoms with E-state index in [1.165, 1.54) is 12.1 Å². The fourth-order valence-electron chi connectivity index (χ4n) is 2.78. The monoisotopic (exact) mass is 269 g/mol. The lowest BCUT2D eigenvalue weighted by atomic mass is 9.87. The molecule has 0 radical (unpaired) electrons. The smallest absolute Gasteiger partial charge is 0.159 e. The highest BCUT2D eigenvalue weighted by molar-refractivity contribution is 5.17. The molecule has 0 aliphatic heterocycles. The Balaban J connectivity index is 1.83. The van der Waals surface area contributed by atoms with Gasteiger partial charge < -0.3 is 10.0 Å². The van der Waals surface area contributed by atoms with Gasteiger partial charge in [0.25, 0.3) is 0 Å². The second-order valence-corrected chi connectivity index (χ2v) is 5.62. The highest BCUT2D eigenvalue weighted by atomic mass is 19.2. The summed E-state index contributed by atoms with van der Waals surface area (Å²) in [4.78, 5) is 2.13. The van der Waals surface area contributed by atoms with Crippen molar-refractivity contribution in [2.75, 3.05) is 13.6 Å². The number of aliphatic hydroxyl groups excluding tert-OH is 1. The lowest BCUT2D eigenvalue weighted by molar-refractivity contribution is 0.0967. The molecule has 1 aromatic carbocycles. The molecule has 0 heterocycles. The molecule has 0 bridgehead atoms. The third-order valence-electron chi connectivity index (χ3n) is 3.82. The summed E-state index contributed by atoms with van der Waals surface area (Å²) in [7, 11) is 1.99. The summed E-state index contributed by atoms with van der Waals surface area (Å²) in [6.45, 7) is 1.56. The van der Waals surface area contributed by atoms with Gasteiger partial charge in [0.1, 0.15) is 0 Å². The molecule has 0 aromatic heterocycles. The largest absolute Gasteiger partial charge is 0.393 e. The Hall–Kier alpha value is -1.00. The average Bonchev–Trinajstić information content (AvgIpc) is 2.37. The first-order valence-electron chi connectivity index (χ1n) is 6.85. The fraction of sp³-hybridized carbons (Fsp3) is 0.600. The number of hydrogen-bond acceptors (Lipinski definition) is 2. The van der Waals surface area contributed by atoms with Crippen LogP contribution >= 0.6 is 0 Å². The molecule has 1 N–H and O–H groups in total. The van der Waals surface area contributed by atoms with Crippen LogP contribution in [-0.2, 0) is 6.54 Å². The molecule has 2 rings (SSSR count). The lowest BCUT2D eigenvalue weighted by Crippen LogP contribution is -2.29. The number of rotatable bonds is 4. The molecule has 2 nitrogen and oxygen atoms in total. The minimum Gasteiger partial charge on any atom is -0.393 e. The van der Waals surface area contributed by atoms with E-state index in [0.29, 0.717) is 12.5 Å². The van der Waals surface area contributed by atoms with Crippen LogP contribution in [0.2, 0.25) is 0 Å². The first-order valence-corrected chi connectivity index (χ1v) is 6.85. The molecular formula is C15H21F2NO. The highest BCUT2D eigenvalue weighted by Gasteiger charge is 2.20. The van der Waals surface area contributed by atoms with Crippen LogP contribution in [-0.4, -0.2) is 29.7 Å². The Labute approximate surface area is 113 Å². The number of aliphatic hydroxyl groups is 1. The van der Waals surface area contributed by atoms with E-state index < -0.39 is 11.6 Å². The van der Waals surface area contributed by atoms with Crippen LogP contribution in [0.4, 0.5) is 8.78 Å². The van der Waals surface area contributed by atoms with Crippen LogP contribution in [0.3, 0.4) is 0 Å². The van der Waals surface area contributed by atoms with E-state index in [9.17, 15) is 13.9 Å². The maximum atomic E-state index is 13.1. The van der Waals surface area contributed by atoms with E-state index in [1.807, 2.05) is 7.05 Å². The summed E-state index contributed by atoms with van der Waals surface area (Å²) >= 11 is 0. The van der Waals surface area contributed by atoms with Crippen LogP contribution in [0, 0.1) is 17.6 Å². The minimum absolute atomic E-state index is 0.132. The molecule has 1 fully saturated rings. The van der Waals surface area contributed by atoms with Crippen LogP contribution in [0.5, 0.6) is 0 Å². The van der Waals surface area contributed by atoms with Crippen LogP contribution in [0.25, 0.3) is 0 Å². The fourth-order valence-corrected chi connectivity index (χ4v) is 2.78. The molecule has 1 aromatic rings. The van der Waals surface area contributed by atoms with E-state index in [2.05, 4.69) is 4.90 Å². The van der Waals surface area contributed by atoms with Gasteiger partial charge in [-0.2, -0.15) is 0 Å². The lowest BCUT2D eigenvalue weighted by Gasteiger charge is -2.29. The summed E-state index contributed by atoms with van der Waals surface area (Å²) in [6, 6.07) is 4.06. The number of benzene rings is 1. The molecule has 106 valence electrons. The van der Waals surface area contributed by atoms with Gasteiger partial charge in [0.15, 0.2) is 11.6 Å². The highest BCUT2D eigenvalue weighted by Crippen LogP contribution is 2.25. The van der Waals surface area contributed by atoms with E-state index in [-0.39, 0.29) is 6.10 Å². The zero-order valence-corrected chi connectivity index (χ0v) is 11.3. The Morgan fingerprint density at radius 3 is 2.47 bits per heavy atom. The molecule has 19 heavy (non-hydrogen) atoms. The predicted molar refractivity (Wildman–Crippen MR) is 70.7 cm³/mol. The third kappa shape index (κ3) is 4.25. The van der Waals surface area contributed by atoms with Gasteiger partial charge in [0, 0.05) is 13.1 Å². The average molecular weight is 269 g/mol. The molecule has 0 unspecified atom stereocenters. The predicted octanol–water partition coefficient (Wildman–Crippen LogP) is 2.95. The number of nitrogens with zero attached hydrogens (tertiary/aromatic N) is 1. The van der Waals surface area contributed by atoms with Gasteiger partial charge in [-0.1, -0.05) is 6.07 Å². The van der Waals surface area contributed by atoms with Gasteiger partial charge in [-0.05, 0) is 56.3 Å². The Kier molecular flexibility index (Phi) is 4.88. The van der Waals surface area contributed by atoms with Crippen molar-refractivity contribution in [2.45, 2.75) is 38.3 Å². The zero-order chi connectivity index (χ0) is 13.8. The van der Waals surface area contributed by atoms with E-state index in [1.54, 1.807) is 6.07 Å². The van der Waals surface area contributed by atoms with E-state index in [4.69, 9.17) is 0 Å². The third-order valence-corrected chi connectivity index (χ3v) is 3.82. The number of hydrogen-bond donors (Lipinski definition) is 1.